The van der Waals surface area contributed by atoms with E-state index in [9.17, 15) is 14.0 Å². The molecule has 0 bridgehead atoms. The van der Waals surface area contributed by atoms with Crippen molar-refractivity contribution in [3.63, 3.8) is 0 Å². The van der Waals surface area contributed by atoms with Crippen molar-refractivity contribution in [3.8, 4) is 5.75 Å². The second kappa shape index (κ2) is 6.75. The van der Waals surface area contributed by atoms with Crippen LogP contribution in [0.5, 0.6) is 5.75 Å². The molecule has 1 aromatic carbocycles. The number of rotatable bonds is 2. The van der Waals surface area contributed by atoms with Gasteiger partial charge in [-0.15, -0.1) is 0 Å². The van der Waals surface area contributed by atoms with Gasteiger partial charge in [-0.3, -0.25) is 4.79 Å². The van der Waals surface area contributed by atoms with Crippen molar-refractivity contribution in [2.45, 2.75) is 19.1 Å². The van der Waals surface area contributed by atoms with Crippen molar-refractivity contribution in [2.24, 2.45) is 5.92 Å². The summed E-state index contributed by atoms with van der Waals surface area (Å²) in [4.78, 5) is 28.8. The van der Waals surface area contributed by atoms with Gasteiger partial charge >= 0.3 is 12.0 Å². The van der Waals surface area contributed by atoms with E-state index in [4.69, 9.17) is 14.2 Å². The Kier molecular flexibility index (Phi) is 4.44. The fourth-order valence-corrected chi connectivity index (χ4v) is 3.93. The molecule has 3 atom stereocenters. The topological polar surface area (TPSA) is 68.3 Å². The summed E-state index contributed by atoms with van der Waals surface area (Å²) in [5.41, 5.74) is 0.600. The van der Waals surface area contributed by atoms with Gasteiger partial charge in [0.1, 0.15) is 18.1 Å². The highest BCUT2D eigenvalue weighted by atomic mass is 19.1. The van der Waals surface area contributed by atoms with Crippen LogP contribution in [-0.2, 0) is 14.3 Å². The number of ether oxygens (including phenoxy) is 3. The van der Waals surface area contributed by atoms with Crippen molar-refractivity contribution in [3.05, 3.63) is 29.6 Å². The number of para-hydroxylation sites is 1. The molecule has 3 aliphatic heterocycles. The molecule has 26 heavy (non-hydrogen) atoms. The molecule has 8 heteroatoms. The van der Waals surface area contributed by atoms with Crippen molar-refractivity contribution >= 4 is 12.0 Å². The second-order valence-electron chi connectivity index (χ2n) is 6.58. The number of hydrogen-bond acceptors (Lipinski definition) is 5. The fraction of sp³-hybridized carbons (Fsp3) is 0.556. The lowest BCUT2D eigenvalue weighted by atomic mass is 9.99. The Hall–Kier alpha value is -2.35. The lowest BCUT2D eigenvalue weighted by Gasteiger charge is -2.33. The number of esters is 1. The van der Waals surface area contributed by atoms with Crippen LogP contribution in [0.2, 0.25) is 0 Å². The lowest BCUT2D eigenvalue weighted by molar-refractivity contribution is -0.149. The summed E-state index contributed by atoms with van der Waals surface area (Å²) in [5, 5.41) is 0. The maximum absolute atomic E-state index is 14.2. The largest absolute Gasteiger partial charge is 0.483 e. The Bertz CT molecular complexity index is 722. The first-order chi connectivity index (χ1) is 12.6. The standard InChI is InChI=1S/C18H21FN2O5/c1-2-25-17(22)12-10-21(18(23)20-6-8-24-9-7-20)14-11-4-3-5-13(19)15(11)26-16(12)14/h3-5,12,14,16H,2,6-10H2,1H3/t12-,14+,16+/m1/s1. The van der Waals surface area contributed by atoms with Gasteiger partial charge in [0.15, 0.2) is 11.6 Å². The van der Waals surface area contributed by atoms with Crippen LogP contribution in [-0.4, -0.2) is 67.4 Å². The highest BCUT2D eigenvalue weighted by Crippen LogP contribution is 2.49. The zero-order valence-electron chi connectivity index (χ0n) is 14.5. The van der Waals surface area contributed by atoms with E-state index in [2.05, 4.69) is 0 Å². The van der Waals surface area contributed by atoms with Crippen LogP contribution in [0.25, 0.3) is 0 Å². The number of hydrogen-bond donors (Lipinski definition) is 0. The Morgan fingerprint density at radius 3 is 2.81 bits per heavy atom. The van der Waals surface area contributed by atoms with Gasteiger partial charge in [-0.25, -0.2) is 9.18 Å². The SMILES string of the molecule is CCOC(=O)[C@@H]1CN(C(=O)N2CCOCC2)[C@H]2c3cccc(F)c3O[C@@H]12. The van der Waals surface area contributed by atoms with E-state index in [1.807, 2.05) is 0 Å². The Morgan fingerprint density at radius 2 is 2.08 bits per heavy atom. The molecular weight excluding hydrogens is 343 g/mol. The number of amides is 2. The van der Waals surface area contributed by atoms with Crippen molar-refractivity contribution < 1.29 is 28.2 Å². The van der Waals surface area contributed by atoms with Crippen LogP contribution in [0.4, 0.5) is 9.18 Å². The average Bonchev–Trinajstić information content (AvgIpc) is 3.21. The fourth-order valence-electron chi connectivity index (χ4n) is 3.93. The third-order valence-corrected chi connectivity index (χ3v) is 5.12. The molecule has 140 valence electrons. The van der Waals surface area contributed by atoms with E-state index in [0.29, 0.717) is 31.9 Å². The molecule has 2 fully saturated rings. The Balaban J connectivity index is 1.67. The maximum Gasteiger partial charge on any atom is 0.320 e. The zero-order valence-corrected chi connectivity index (χ0v) is 14.5. The minimum absolute atomic E-state index is 0.122. The molecule has 2 saturated heterocycles. The van der Waals surface area contributed by atoms with Gasteiger partial charge in [-0.2, -0.15) is 0 Å². The molecule has 0 spiro atoms. The van der Waals surface area contributed by atoms with E-state index < -0.39 is 29.9 Å². The first-order valence-electron chi connectivity index (χ1n) is 8.86. The Morgan fingerprint density at radius 1 is 1.31 bits per heavy atom. The molecule has 7 nitrogen and oxygen atoms in total. The van der Waals surface area contributed by atoms with E-state index in [1.165, 1.54) is 6.07 Å². The lowest BCUT2D eigenvalue weighted by Crippen LogP contribution is -2.48. The predicted octanol–water partition coefficient (Wildman–Crippen LogP) is 1.57. The van der Waals surface area contributed by atoms with Gasteiger partial charge in [-0.1, -0.05) is 12.1 Å². The first kappa shape index (κ1) is 17.1. The minimum Gasteiger partial charge on any atom is -0.483 e. The number of halogens is 1. The van der Waals surface area contributed by atoms with Crippen LogP contribution in [0.3, 0.4) is 0 Å². The molecule has 2 amide bonds. The second-order valence-corrected chi connectivity index (χ2v) is 6.58. The number of morpholine rings is 1. The van der Waals surface area contributed by atoms with Gasteiger partial charge in [0, 0.05) is 25.2 Å². The summed E-state index contributed by atoms with van der Waals surface area (Å²) in [6, 6.07) is 3.97. The quantitative estimate of drug-likeness (QED) is 0.746. The molecule has 0 aliphatic carbocycles. The van der Waals surface area contributed by atoms with Crippen LogP contribution >= 0.6 is 0 Å². The van der Waals surface area contributed by atoms with E-state index in [0.717, 1.165) is 0 Å². The predicted molar refractivity (Wildman–Crippen MR) is 88.2 cm³/mol. The molecule has 3 heterocycles. The third kappa shape index (κ3) is 2.68. The summed E-state index contributed by atoms with van der Waals surface area (Å²) < 4.78 is 30.4. The zero-order chi connectivity index (χ0) is 18.3. The van der Waals surface area contributed by atoms with Crippen LogP contribution in [0, 0.1) is 11.7 Å². The van der Waals surface area contributed by atoms with Gasteiger partial charge in [0.2, 0.25) is 0 Å². The van der Waals surface area contributed by atoms with Crippen molar-refractivity contribution in [2.75, 3.05) is 39.5 Å². The monoisotopic (exact) mass is 364 g/mol. The Labute approximate surface area is 150 Å². The number of benzene rings is 1. The van der Waals surface area contributed by atoms with Gasteiger partial charge in [0.05, 0.1) is 19.8 Å². The van der Waals surface area contributed by atoms with E-state index in [-0.39, 0.29) is 24.9 Å². The summed E-state index contributed by atoms with van der Waals surface area (Å²) in [6.45, 7) is 4.12. The first-order valence-corrected chi connectivity index (χ1v) is 8.86. The molecular formula is C18H21FN2O5. The summed E-state index contributed by atoms with van der Waals surface area (Å²) in [6.07, 6.45) is -0.633. The highest BCUT2D eigenvalue weighted by Gasteiger charge is 2.55. The maximum atomic E-state index is 14.2. The highest BCUT2D eigenvalue weighted by molar-refractivity contribution is 5.80. The molecule has 3 aliphatic rings. The van der Waals surface area contributed by atoms with Gasteiger partial charge in [0.25, 0.3) is 0 Å². The van der Waals surface area contributed by atoms with Crippen LogP contribution in [0.15, 0.2) is 18.2 Å². The molecule has 0 aromatic heterocycles. The average molecular weight is 364 g/mol. The van der Waals surface area contributed by atoms with Crippen molar-refractivity contribution in [1.29, 1.82) is 0 Å². The van der Waals surface area contributed by atoms with Crippen LogP contribution < -0.4 is 4.74 Å². The van der Waals surface area contributed by atoms with E-state index in [1.54, 1.807) is 28.9 Å². The number of urea groups is 1. The molecule has 0 N–H and O–H groups in total. The third-order valence-electron chi connectivity index (χ3n) is 5.12. The molecule has 0 saturated carbocycles. The summed E-state index contributed by atoms with van der Waals surface area (Å²) in [7, 11) is 0. The molecule has 0 unspecified atom stereocenters. The van der Waals surface area contributed by atoms with E-state index >= 15 is 0 Å². The molecule has 4 rings (SSSR count). The number of fused-ring (bicyclic) bond motifs is 3. The van der Waals surface area contributed by atoms with Gasteiger partial charge in [-0.05, 0) is 13.0 Å². The summed E-state index contributed by atoms with van der Waals surface area (Å²) in [5.74, 6) is -1.43. The number of carbonyl (C=O) groups is 2. The molecule has 1 aromatic rings. The minimum atomic E-state index is -0.642. The number of nitrogens with zero attached hydrogens (tertiary/aromatic N) is 2. The normalized spacial score (nSPS) is 26.9. The van der Waals surface area contributed by atoms with Crippen LogP contribution in [0.1, 0.15) is 18.5 Å². The van der Waals surface area contributed by atoms with Crippen molar-refractivity contribution in [1.82, 2.24) is 9.80 Å². The molecule has 0 radical (unpaired) electrons. The smallest absolute Gasteiger partial charge is 0.320 e. The number of carbonyl (C=O) groups excluding carboxylic acids is 2. The van der Waals surface area contributed by atoms with Gasteiger partial charge < -0.3 is 24.0 Å². The number of likely N-dealkylation sites (tertiary alicyclic amines) is 1. The summed E-state index contributed by atoms with van der Waals surface area (Å²) >= 11 is 0.